The zero-order valence-electron chi connectivity index (χ0n) is 12.7. The van der Waals surface area contributed by atoms with Gasteiger partial charge in [-0.15, -0.1) is 0 Å². The van der Waals surface area contributed by atoms with Crippen molar-refractivity contribution in [3.63, 3.8) is 0 Å². The van der Waals surface area contributed by atoms with E-state index in [9.17, 15) is 8.42 Å². The average Bonchev–Trinajstić information content (AvgIpc) is 2.52. The summed E-state index contributed by atoms with van der Waals surface area (Å²) in [4.78, 5) is 0. The zero-order valence-corrected chi connectivity index (χ0v) is 13.5. The zero-order chi connectivity index (χ0) is 15.8. The molecule has 0 fully saturated rings. The first kappa shape index (κ1) is 16.7. The molecule has 118 valence electrons. The fourth-order valence-corrected chi connectivity index (χ4v) is 3.13. The molecule has 2 aromatic carbocycles. The van der Waals surface area contributed by atoms with Crippen LogP contribution in [0.3, 0.4) is 0 Å². The summed E-state index contributed by atoms with van der Waals surface area (Å²) in [5, 5.41) is 0. The van der Waals surface area contributed by atoms with E-state index in [4.69, 9.17) is 4.74 Å². The van der Waals surface area contributed by atoms with Gasteiger partial charge < -0.3 is 4.74 Å². The van der Waals surface area contributed by atoms with Crippen LogP contribution in [0.25, 0.3) is 0 Å². The molecule has 5 heteroatoms. The van der Waals surface area contributed by atoms with Crippen molar-refractivity contribution in [2.75, 3.05) is 6.61 Å². The van der Waals surface area contributed by atoms with Gasteiger partial charge in [-0.05, 0) is 23.6 Å². The molecule has 0 aliphatic rings. The largest absolute Gasteiger partial charge is 0.377 e. The van der Waals surface area contributed by atoms with Crippen LogP contribution in [0.15, 0.2) is 54.6 Å². The molecule has 0 saturated carbocycles. The van der Waals surface area contributed by atoms with Crippen molar-refractivity contribution in [3.05, 3.63) is 71.3 Å². The highest BCUT2D eigenvalue weighted by Crippen LogP contribution is 2.08. The Balaban J connectivity index is 1.88. The fraction of sp³-hybridized carbons (Fsp3) is 0.294. The van der Waals surface area contributed by atoms with Crippen molar-refractivity contribution in [3.8, 4) is 0 Å². The van der Waals surface area contributed by atoms with Gasteiger partial charge in [-0.25, -0.2) is 13.1 Å². The summed E-state index contributed by atoms with van der Waals surface area (Å²) in [6, 6.07) is 16.9. The van der Waals surface area contributed by atoms with E-state index in [2.05, 4.69) is 4.72 Å². The number of sulfonamides is 1. The van der Waals surface area contributed by atoms with Gasteiger partial charge >= 0.3 is 0 Å². The molecule has 0 spiro atoms. The maximum atomic E-state index is 12.1. The molecule has 0 heterocycles. The van der Waals surface area contributed by atoms with Crippen LogP contribution in [-0.4, -0.2) is 15.0 Å². The van der Waals surface area contributed by atoms with E-state index in [1.165, 1.54) is 0 Å². The van der Waals surface area contributed by atoms with Crippen LogP contribution in [0, 0.1) is 0 Å². The summed E-state index contributed by atoms with van der Waals surface area (Å²) < 4.78 is 32.1. The molecule has 4 nitrogen and oxygen atoms in total. The topological polar surface area (TPSA) is 55.4 Å². The lowest BCUT2D eigenvalue weighted by Crippen LogP contribution is -2.24. The van der Waals surface area contributed by atoms with Gasteiger partial charge in [-0.2, -0.15) is 0 Å². The molecule has 22 heavy (non-hydrogen) atoms. The molecule has 0 aliphatic heterocycles. The molecular weight excluding hydrogens is 298 g/mol. The van der Waals surface area contributed by atoms with Gasteiger partial charge in [0, 0.05) is 13.2 Å². The van der Waals surface area contributed by atoms with Gasteiger partial charge in [0.15, 0.2) is 0 Å². The molecule has 0 bridgehead atoms. The Hall–Kier alpha value is -1.69. The number of ether oxygens (including phenoxy) is 1. The first-order valence-electron chi connectivity index (χ1n) is 7.26. The van der Waals surface area contributed by atoms with E-state index in [1.54, 1.807) is 0 Å². The SMILES string of the molecule is CCOCc1ccc(CNS(=O)(=O)Cc2ccccc2)cc1. The summed E-state index contributed by atoms with van der Waals surface area (Å²) in [6.45, 7) is 3.51. The predicted octanol–water partition coefficient (Wildman–Crippen LogP) is 2.84. The summed E-state index contributed by atoms with van der Waals surface area (Å²) in [7, 11) is -3.33. The van der Waals surface area contributed by atoms with E-state index in [-0.39, 0.29) is 5.75 Å². The highest BCUT2D eigenvalue weighted by atomic mass is 32.2. The Bertz CT molecular complexity index is 667. The maximum absolute atomic E-state index is 12.1. The summed E-state index contributed by atoms with van der Waals surface area (Å²) >= 11 is 0. The predicted molar refractivity (Wildman–Crippen MR) is 87.7 cm³/mol. The van der Waals surface area contributed by atoms with Crippen LogP contribution in [0.1, 0.15) is 23.6 Å². The molecule has 0 aromatic heterocycles. The molecule has 0 amide bonds. The lowest BCUT2D eigenvalue weighted by molar-refractivity contribution is 0.134. The molecule has 0 atom stereocenters. The van der Waals surface area contributed by atoms with Crippen molar-refractivity contribution in [2.24, 2.45) is 0 Å². The number of hydrogen-bond donors (Lipinski definition) is 1. The quantitative estimate of drug-likeness (QED) is 0.814. The highest BCUT2D eigenvalue weighted by Gasteiger charge is 2.10. The second-order valence-electron chi connectivity index (χ2n) is 5.02. The Morgan fingerprint density at radius 1 is 0.909 bits per heavy atom. The molecule has 1 N–H and O–H groups in total. The van der Waals surface area contributed by atoms with Gasteiger partial charge in [0.1, 0.15) is 0 Å². The lowest BCUT2D eigenvalue weighted by atomic mass is 10.1. The minimum Gasteiger partial charge on any atom is -0.377 e. The van der Waals surface area contributed by atoms with E-state index >= 15 is 0 Å². The van der Waals surface area contributed by atoms with Crippen molar-refractivity contribution in [2.45, 2.75) is 25.8 Å². The molecular formula is C17H21NO3S. The third-order valence-corrected chi connectivity index (χ3v) is 4.49. The Morgan fingerprint density at radius 3 is 2.18 bits per heavy atom. The number of benzene rings is 2. The van der Waals surface area contributed by atoms with Crippen molar-refractivity contribution < 1.29 is 13.2 Å². The van der Waals surface area contributed by atoms with Crippen LogP contribution in [0.5, 0.6) is 0 Å². The van der Waals surface area contributed by atoms with Gasteiger partial charge in [0.25, 0.3) is 0 Å². The Morgan fingerprint density at radius 2 is 1.55 bits per heavy atom. The first-order valence-corrected chi connectivity index (χ1v) is 8.91. The van der Waals surface area contributed by atoms with Gasteiger partial charge in [-0.1, -0.05) is 54.6 Å². The first-order chi connectivity index (χ1) is 10.6. The fourth-order valence-electron chi connectivity index (χ4n) is 2.01. The highest BCUT2D eigenvalue weighted by molar-refractivity contribution is 7.88. The summed E-state index contributed by atoms with van der Waals surface area (Å²) in [5.74, 6) is -0.00371. The molecule has 0 unspecified atom stereocenters. The van der Waals surface area contributed by atoms with E-state index in [0.717, 1.165) is 16.7 Å². The molecule has 0 saturated heterocycles. The van der Waals surface area contributed by atoms with Crippen LogP contribution < -0.4 is 4.72 Å². The summed E-state index contributed by atoms with van der Waals surface area (Å²) in [5.41, 5.74) is 2.79. The third kappa shape index (κ3) is 5.60. The minimum absolute atomic E-state index is 0.00371. The monoisotopic (exact) mass is 319 g/mol. The van der Waals surface area contributed by atoms with Crippen LogP contribution >= 0.6 is 0 Å². The third-order valence-electron chi connectivity index (χ3n) is 3.19. The number of rotatable bonds is 8. The van der Waals surface area contributed by atoms with Crippen LogP contribution in [0.2, 0.25) is 0 Å². The molecule has 2 aromatic rings. The van der Waals surface area contributed by atoms with Crippen LogP contribution in [-0.2, 0) is 33.7 Å². The number of hydrogen-bond acceptors (Lipinski definition) is 3. The lowest BCUT2D eigenvalue weighted by Gasteiger charge is -2.08. The van der Waals surface area contributed by atoms with E-state index in [0.29, 0.717) is 19.8 Å². The Labute approximate surface area is 132 Å². The average molecular weight is 319 g/mol. The minimum atomic E-state index is -3.33. The van der Waals surface area contributed by atoms with Gasteiger partial charge in [0.05, 0.1) is 12.4 Å². The van der Waals surface area contributed by atoms with Gasteiger partial charge in [0.2, 0.25) is 10.0 Å². The molecule has 2 rings (SSSR count). The van der Waals surface area contributed by atoms with Crippen molar-refractivity contribution in [1.29, 1.82) is 0 Å². The smallest absolute Gasteiger partial charge is 0.216 e. The standard InChI is InChI=1S/C17H21NO3S/c1-2-21-13-16-10-8-15(9-11-16)12-18-22(19,20)14-17-6-4-3-5-7-17/h3-11,18H,2,12-14H2,1H3. The molecule has 0 aliphatic carbocycles. The second kappa shape index (κ2) is 8.08. The van der Waals surface area contributed by atoms with Crippen molar-refractivity contribution in [1.82, 2.24) is 4.72 Å². The number of nitrogens with one attached hydrogen (secondary N) is 1. The maximum Gasteiger partial charge on any atom is 0.216 e. The Kier molecular flexibility index (Phi) is 6.12. The molecule has 0 radical (unpaired) electrons. The second-order valence-corrected chi connectivity index (χ2v) is 6.83. The normalized spacial score (nSPS) is 11.5. The van der Waals surface area contributed by atoms with Gasteiger partial charge in [-0.3, -0.25) is 0 Å². The summed E-state index contributed by atoms with van der Waals surface area (Å²) in [6.07, 6.45) is 0. The van der Waals surface area contributed by atoms with E-state index < -0.39 is 10.0 Å². The van der Waals surface area contributed by atoms with E-state index in [1.807, 2.05) is 61.5 Å². The van der Waals surface area contributed by atoms with Crippen molar-refractivity contribution >= 4 is 10.0 Å². The van der Waals surface area contributed by atoms with Crippen LogP contribution in [0.4, 0.5) is 0 Å².